The fourth-order valence-corrected chi connectivity index (χ4v) is 1.70. The Hall–Kier alpha value is -2.10. The van der Waals surface area contributed by atoms with Gasteiger partial charge >= 0.3 is 0 Å². The fourth-order valence-electron chi connectivity index (χ4n) is 1.70. The highest BCUT2D eigenvalue weighted by Gasteiger charge is 2.01. The van der Waals surface area contributed by atoms with E-state index in [0.29, 0.717) is 24.2 Å². The maximum atomic E-state index is 13.4. The molecule has 0 spiro atoms. The van der Waals surface area contributed by atoms with Gasteiger partial charge in [0.05, 0.1) is 11.4 Å². The zero-order chi connectivity index (χ0) is 13.0. The zero-order valence-electron chi connectivity index (χ0n) is 10.3. The first-order valence-corrected chi connectivity index (χ1v) is 5.87. The van der Waals surface area contributed by atoms with E-state index in [0.717, 1.165) is 11.5 Å². The fraction of sp³-hybridized carbons (Fsp3) is 0.214. The number of nitrogens with zero attached hydrogens (tertiary/aromatic N) is 1. The Morgan fingerprint density at radius 3 is 2.72 bits per heavy atom. The molecule has 2 aromatic rings. The van der Waals surface area contributed by atoms with Crippen LogP contribution in [0.3, 0.4) is 0 Å². The van der Waals surface area contributed by atoms with E-state index in [2.05, 4.69) is 10.3 Å². The Balaban J connectivity index is 1.92. The van der Waals surface area contributed by atoms with Gasteiger partial charge in [-0.2, -0.15) is 0 Å². The molecule has 0 aliphatic carbocycles. The summed E-state index contributed by atoms with van der Waals surface area (Å²) in [7, 11) is 0. The molecule has 3 N–H and O–H groups in total. The van der Waals surface area contributed by atoms with E-state index in [1.54, 1.807) is 12.1 Å². The lowest BCUT2D eigenvalue weighted by atomic mass is 10.1. The SMILES string of the molecule is Cc1nc(NCCc2ccccc2F)ccc1N. The van der Waals surface area contributed by atoms with E-state index in [1.807, 2.05) is 25.1 Å². The van der Waals surface area contributed by atoms with Crippen LogP contribution in [0.25, 0.3) is 0 Å². The van der Waals surface area contributed by atoms with E-state index in [-0.39, 0.29) is 5.82 Å². The number of halogens is 1. The van der Waals surface area contributed by atoms with Crippen LogP contribution in [0.15, 0.2) is 36.4 Å². The number of nitrogens with one attached hydrogen (secondary N) is 1. The molecular weight excluding hydrogens is 229 g/mol. The average Bonchev–Trinajstić information content (AvgIpc) is 2.36. The highest BCUT2D eigenvalue weighted by atomic mass is 19.1. The van der Waals surface area contributed by atoms with Crippen LogP contribution >= 0.6 is 0 Å². The summed E-state index contributed by atoms with van der Waals surface area (Å²) < 4.78 is 13.4. The van der Waals surface area contributed by atoms with Crippen LogP contribution in [-0.4, -0.2) is 11.5 Å². The first-order valence-electron chi connectivity index (χ1n) is 5.87. The second-order valence-electron chi connectivity index (χ2n) is 4.14. The van der Waals surface area contributed by atoms with Crippen molar-refractivity contribution >= 4 is 11.5 Å². The van der Waals surface area contributed by atoms with Crippen molar-refractivity contribution in [1.29, 1.82) is 0 Å². The van der Waals surface area contributed by atoms with Gasteiger partial charge in [0.25, 0.3) is 0 Å². The summed E-state index contributed by atoms with van der Waals surface area (Å²) in [4.78, 5) is 4.30. The number of pyridine rings is 1. The molecule has 1 aromatic heterocycles. The van der Waals surface area contributed by atoms with E-state index >= 15 is 0 Å². The lowest BCUT2D eigenvalue weighted by molar-refractivity contribution is 0.610. The second kappa shape index (κ2) is 5.49. The van der Waals surface area contributed by atoms with Crippen molar-refractivity contribution in [3.63, 3.8) is 0 Å². The largest absolute Gasteiger partial charge is 0.397 e. The normalized spacial score (nSPS) is 10.3. The third-order valence-corrected chi connectivity index (χ3v) is 2.78. The zero-order valence-corrected chi connectivity index (χ0v) is 10.3. The van der Waals surface area contributed by atoms with E-state index in [9.17, 15) is 4.39 Å². The number of aryl methyl sites for hydroxylation is 1. The monoisotopic (exact) mass is 245 g/mol. The van der Waals surface area contributed by atoms with Gasteiger partial charge in [-0.15, -0.1) is 0 Å². The molecule has 3 nitrogen and oxygen atoms in total. The molecule has 0 unspecified atom stereocenters. The second-order valence-corrected chi connectivity index (χ2v) is 4.14. The van der Waals surface area contributed by atoms with Gasteiger partial charge in [-0.1, -0.05) is 18.2 Å². The Bertz CT molecular complexity index is 540. The summed E-state index contributed by atoms with van der Waals surface area (Å²) in [5.74, 6) is 0.596. The summed E-state index contributed by atoms with van der Waals surface area (Å²) >= 11 is 0. The minimum Gasteiger partial charge on any atom is -0.397 e. The highest BCUT2D eigenvalue weighted by Crippen LogP contribution is 2.12. The Morgan fingerprint density at radius 1 is 1.22 bits per heavy atom. The Kier molecular flexibility index (Phi) is 3.77. The summed E-state index contributed by atoms with van der Waals surface area (Å²) in [5.41, 5.74) is 7.87. The van der Waals surface area contributed by atoms with Gasteiger partial charge in [-0.3, -0.25) is 0 Å². The lowest BCUT2D eigenvalue weighted by Gasteiger charge is -2.08. The third kappa shape index (κ3) is 2.97. The van der Waals surface area contributed by atoms with Gasteiger partial charge in [0, 0.05) is 6.54 Å². The number of benzene rings is 1. The molecule has 1 aromatic carbocycles. The Labute approximate surface area is 106 Å². The van der Waals surface area contributed by atoms with Crippen LogP contribution in [-0.2, 0) is 6.42 Å². The van der Waals surface area contributed by atoms with E-state index < -0.39 is 0 Å². The van der Waals surface area contributed by atoms with Crippen LogP contribution < -0.4 is 11.1 Å². The van der Waals surface area contributed by atoms with Gasteiger partial charge in [-0.05, 0) is 37.1 Å². The van der Waals surface area contributed by atoms with Gasteiger partial charge in [-0.25, -0.2) is 9.37 Å². The number of rotatable bonds is 4. The molecule has 0 amide bonds. The third-order valence-electron chi connectivity index (χ3n) is 2.78. The molecule has 0 fully saturated rings. The highest BCUT2D eigenvalue weighted by molar-refractivity contribution is 5.49. The first kappa shape index (κ1) is 12.4. The predicted molar refractivity (Wildman–Crippen MR) is 72.0 cm³/mol. The molecular formula is C14H16FN3. The van der Waals surface area contributed by atoms with Crippen LogP contribution in [0, 0.1) is 12.7 Å². The minimum absolute atomic E-state index is 0.166. The van der Waals surface area contributed by atoms with Crippen molar-refractivity contribution in [2.75, 3.05) is 17.6 Å². The molecule has 0 bridgehead atoms. The topological polar surface area (TPSA) is 50.9 Å². The lowest BCUT2D eigenvalue weighted by Crippen LogP contribution is -2.08. The molecule has 0 atom stereocenters. The quantitative estimate of drug-likeness (QED) is 0.870. The molecule has 0 saturated heterocycles. The van der Waals surface area contributed by atoms with Crippen LogP contribution in [0.4, 0.5) is 15.9 Å². The predicted octanol–water partition coefficient (Wildman–Crippen LogP) is 2.77. The maximum absolute atomic E-state index is 13.4. The summed E-state index contributed by atoms with van der Waals surface area (Å²) in [6.45, 7) is 2.49. The van der Waals surface area contributed by atoms with Gasteiger partial charge in [0.1, 0.15) is 11.6 Å². The van der Waals surface area contributed by atoms with Crippen molar-refractivity contribution < 1.29 is 4.39 Å². The standard InChI is InChI=1S/C14H16FN3/c1-10-13(16)6-7-14(18-10)17-9-8-11-4-2-3-5-12(11)15/h2-7H,8-9,16H2,1H3,(H,17,18). The van der Waals surface area contributed by atoms with Crippen molar-refractivity contribution in [3.8, 4) is 0 Å². The summed E-state index contributed by atoms with van der Waals surface area (Å²) in [5, 5.41) is 3.16. The molecule has 0 saturated carbocycles. The molecule has 0 radical (unpaired) electrons. The average molecular weight is 245 g/mol. The number of aromatic nitrogens is 1. The molecule has 2 rings (SSSR count). The van der Waals surface area contributed by atoms with E-state index in [4.69, 9.17) is 5.73 Å². The van der Waals surface area contributed by atoms with Crippen LogP contribution in [0.1, 0.15) is 11.3 Å². The number of hydrogen-bond acceptors (Lipinski definition) is 3. The molecule has 4 heteroatoms. The molecule has 0 aliphatic heterocycles. The molecule has 18 heavy (non-hydrogen) atoms. The van der Waals surface area contributed by atoms with Crippen molar-refractivity contribution in [2.24, 2.45) is 0 Å². The first-order chi connectivity index (χ1) is 8.66. The number of nitrogens with two attached hydrogens (primary N) is 1. The molecule has 94 valence electrons. The van der Waals surface area contributed by atoms with Gasteiger partial charge < -0.3 is 11.1 Å². The van der Waals surface area contributed by atoms with Gasteiger partial charge in [0.2, 0.25) is 0 Å². The van der Waals surface area contributed by atoms with Gasteiger partial charge in [0.15, 0.2) is 0 Å². The summed E-state index contributed by atoms with van der Waals surface area (Å²) in [6, 6.07) is 10.4. The Morgan fingerprint density at radius 2 is 2.00 bits per heavy atom. The summed E-state index contributed by atoms with van der Waals surface area (Å²) in [6.07, 6.45) is 0.623. The van der Waals surface area contributed by atoms with Crippen molar-refractivity contribution in [1.82, 2.24) is 4.98 Å². The number of anilines is 2. The smallest absolute Gasteiger partial charge is 0.126 e. The number of nitrogen functional groups attached to an aromatic ring is 1. The number of hydrogen-bond donors (Lipinski definition) is 2. The van der Waals surface area contributed by atoms with Crippen LogP contribution in [0.5, 0.6) is 0 Å². The van der Waals surface area contributed by atoms with Crippen molar-refractivity contribution in [3.05, 3.63) is 53.5 Å². The molecule has 0 aliphatic rings. The maximum Gasteiger partial charge on any atom is 0.126 e. The molecule has 1 heterocycles. The van der Waals surface area contributed by atoms with E-state index in [1.165, 1.54) is 6.07 Å². The minimum atomic E-state index is -0.166. The van der Waals surface area contributed by atoms with Crippen LogP contribution in [0.2, 0.25) is 0 Å². The van der Waals surface area contributed by atoms with Crippen molar-refractivity contribution in [2.45, 2.75) is 13.3 Å².